The van der Waals surface area contributed by atoms with Crippen LogP contribution in [-0.4, -0.2) is 22.1 Å². The van der Waals surface area contributed by atoms with Crippen LogP contribution in [0.1, 0.15) is 35.9 Å². The average molecular weight is 280 g/mol. The van der Waals surface area contributed by atoms with Crippen LogP contribution >= 0.6 is 0 Å². The van der Waals surface area contributed by atoms with Crippen LogP contribution in [0.2, 0.25) is 0 Å². The van der Waals surface area contributed by atoms with Crippen LogP contribution in [0.5, 0.6) is 0 Å². The van der Waals surface area contributed by atoms with Gasteiger partial charge in [0.05, 0.1) is 12.6 Å². The molecule has 20 heavy (non-hydrogen) atoms. The van der Waals surface area contributed by atoms with Gasteiger partial charge in [-0.15, -0.1) is 0 Å². The zero-order chi connectivity index (χ0) is 14.7. The van der Waals surface area contributed by atoms with E-state index in [1.165, 1.54) is 0 Å². The van der Waals surface area contributed by atoms with Crippen molar-refractivity contribution in [2.45, 2.75) is 19.9 Å². The molecule has 0 amide bonds. The summed E-state index contributed by atoms with van der Waals surface area (Å²) in [6, 6.07) is 8.32. The molecule has 1 heterocycles. The minimum Gasteiger partial charge on any atom is -0.461 e. The lowest BCUT2D eigenvalue weighted by Crippen LogP contribution is -2.18. The van der Waals surface area contributed by atoms with Crippen molar-refractivity contribution < 1.29 is 18.3 Å². The Labute approximate surface area is 115 Å². The van der Waals surface area contributed by atoms with Crippen LogP contribution in [0.3, 0.4) is 0 Å². The summed E-state index contributed by atoms with van der Waals surface area (Å²) < 4.78 is 33.1. The quantitative estimate of drug-likeness (QED) is 0.809. The predicted octanol–water partition coefficient (Wildman–Crippen LogP) is 2.95. The SMILES string of the molecule is CCOC(=O)c1c(F)nc(F)n1C(C)c1ccccc1. The third-order valence-corrected chi connectivity index (χ3v) is 2.96. The molecule has 1 atom stereocenters. The van der Waals surface area contributed by atoms with Gasteiger partial charge in [0.2, 0.25) is 5.95 Å². The van der Waals surface area contributed by atoms with Crippen LogP contribution in [-0.2, 0) is 4.74 Å². The van der Waals surface area contributed by atoms with Gasteiger partial charge in [-0.05, 0) is 19.4 Å². The topological polar surface area (TPSA) is 44.1 Å². The van der Waals surface area contributed by atoms with Gasteiger partial charge in [-0.3, -0.25) is 4.57 Å². The highest BCUT2D eigenvalue weighted by Crippen LogP contribution is 2.23. The monoisotopic (exact) mass is 280 g/mol. The minimum atomic E-state index is -1.16. The number of hydrogen-bond acceptors (Lipinski definition) is 3. The molecule has 2 rings (SSSR count). The summed E-state index contributed by atoms with van der Waals surface area (Å²) in [5.41, 5.74) is 0.232. The van der Waals surface area contributed by atoms with Crippen molar-refractivity contribution in [1.29, 1.82) is 0 Å². The molecular formula is C14H14F2N2O2. The van der Waals surface area contributed by atoms with Gasteiger partial charge in [0.15, 0.2) is 5.69 Å². The van der Waals surface area contributed by atoms with E-state index >= 15 is 0 Å². The molecule has 0 fully saturated rings. The van der Waals surface area contributed by atoms with Gasteiger partial charge in [-0.1, -0.05) is 30.3 Å². The number of halogens is 2. The lowest BCUT2D eigenvalue weighted by molar-refractivity contribution is 0.0504. The molecule has 0 bridgehead atoms. The number of imidazole rings is 1. The van der Waals surface area contributed by atoms with Crippen molar-refractivity contribution in [1.82, 2.24) is 9.55 Å². The van der Waals surface area contributed by atoms with Gasteiger partial charge in [-0.25, -0.2) is 4.79 Å². The van der Waals surface area contributed by atoms with E-state index in [0.717, 1.165) is 10.1 Å². The number of esters is 1. The maximum atomic E-state index is 13.8. The van der Waals surface area contributed by atoms with E-state index in [4.69, 9.17) is 4.74 Å². The number of carbonyl (C=O) groups excluding carboxylic acids is 1. The smallest absolute Gasteiger partial charge is 0.359 e. The number of rotatable bonds is 4. The van der Waals surface area contributed by atoms with E-state index in [1.54, 1.807) is 38.1 Å². The third kappa shape index (κ3) is 2.54. The fourth-order valence-electron chi connectivity index (χ4n) is 2.00. The van der Waals surface area contributed by atoms with Gasteiger partial charge < -0.3 is 4.74 Å². The maximum absolute atomic E-state index is 13.8. The van der Waals surface area contributed by atoms with Gasteiger partial charge in [0.1, 0.15) is 0 Å². The minimum absolute atomic E-state index is 0.0742. The summed E-state index contributed by atoms with van der Waals surface area (Å²) in [5.74, 6) is -2.09. The lowest BCUT2D eigenvalue weighted by atomic mass is 10.1. The number of ether oxygens (including phenoxy) is 1. The van der Waals surface area contributed by atoms with Crippen molar-refractivity contribution in [2.75, 3.05) is 6.61 Å². The Bertz CT molecular complexity index is 611. The summed E-state index contributed by atoms with van der Waals surface area (Å²) >= 11 is 0. The van der Waals surface area contributed by atoms with Crippen molar-refractivity contribution in [2.24, 2.45) is 0 Å². The van der Waals surface area contributed by atoms with Crippen LogP contribution in [0.15, 0.2) is 30.3 Å². The molecule has 4 nitrogen and oxygen atoms in total. The summed E-state index contributed by atoms with van der Waals surface area (Å²) in [7, 11) is 0. The molecular weight excluding hydrogens is 266 g/mol. The van der Waals surface area contributed by atoms with Crippen molar-refractivity contribution in [3.8, 4) is 0 Å². The molecule has 6 heteroatoms. The van der Waals surface area contributed by atoms with E-state index in [0.29, 0.717) is 0 Å². The van der Waals surface area contributed by atoms with Crippen molar-refractivity contribution in [3.05, 3.63) is 53.6 Å². The Morgan fingerprint density at radius 3 is 2.60 bits per heavy atom. The summed E-state index contributed by atoms with van der Waals surface area (Å²) in [6.07, 6.45) is -1.05. The van der Waals surface area contributed by atoms with Gasteiger partial charge >= 0.3 is 5.97 Å². The third-order valence-electron chi connectivity index (χ3n) is 2.96. The molecule has 0 radical (unpaired) electrons. The average Bonchev–Trinajstić information content (AvgIpc) is 2.74. The van der Waals surface area contributed by atoms with Crippen LogP contribution in [0, 0.1) is 12.0 Å². The molecule has 0 spiro atoms. The Morgan fingerprint density at radius 2 is 2.00 bits per heavy atom. The molecule has 1 aromatic heterocycles. The molecule has 0 aliphatic carbocycles. The first kappa shape index (κ1) is 14.2. The van der Waals surface area contributed by atoms with E-state index in [-0.39, 0.29) is 6.61 Å². The second-order valence-corrected chi connectivity index (χ2v) is 4.20. The number of carbonyl (C=O) groups is 1. The van der Waals surface area contributed by atoms with Gasteiger partial charge in [0.25, 0.3) is 6.08 Å². The first-order chi connectivity index (χ1) is 9.56. The Morgan fingerprint density at radius 1 is 1.35 bits per heavy atom. The predicted molar refractivity (Wildman–Crippen MR) is 68.4 cm³/mol. The summed E-state index contributed by atoms with van der Waals surface area (Å²) in [4.78, 5) is 14.8. The molecule has 0 saturated heterocycles. The molecule has 0 aliphatic rings. The zero-order valence-electron chi connectivity index (χ0n) is 11.1. The van der Waals surface area contributed by atoms with E-state index in [9.17, 15) is 13.6 Å². The molecule has 1 unspecified atom stereocenters. The highest BCUT2D eigenvalue weighted by atomic mass is 19.1. The van der Waals surface area contributed by atoms with Crippen molar-refractivity contribution >= 4 is 5.97 Å². The normalized spacial score (nSPS) is 12.2. The first-order valence-electron chi connectivity index (χ1n) is 6.21. The Hall–Kier alpha value is -2.24. The van der Waals surface area contributed by atoms with E-state index in [2.05, 4.69) is 4.98 Å². The summed E-state index contributed by atoms with van der Waals surface area (Å²) in [5, 5.41) is 0. The van der Waals surface area contributed by atoms with E-state index < -0.39 is 29.7 Å². The maximum Gasteiger partial charge on any atom is 0.359 e. The standard InChI is InChI=1S/C14H14F2N2O2/c1-3-20-13(19)11-12(15)17-14(16)18(11)9(2)10-7-5-4-6-8-10/h4-9H,3H2,1-2H3. The van der Waals surface area contributed by atoms with Crippen LogP contribution in [0.4, 0.5) is 8.78 Å². The van der Waals surface area contributed by atoms with E-state index in [1.807, 2.05) is 6.07 Å². The highest BCUT2D eigenvalue weighted by molar-refractivity contribution is 5.87. The fraction of sp³-hybridized carbons (Fsp3) is 0.286. The zero-order valence-corrected chi connectivity index (χ0v) is 11.1. The van der Waals surface area contributed by atoms with Crippen LogP contribution in [0.25, 0.3) is 0 Å². The Balaban J connectivity index is 2.48. The van der Waals surface area contributed by atoms with Crippen LogP contribution < -0.4 is 0 Å². The number of nitrogens with zero attached hydrogens (tertiary/aromatic N) is 2. The largest absolute Gasteiger partial charge is 0.461 e. The number of aromatic nitrogens is 2. The molecule has 0 aliphatic heterocycles. The highest BCUT2D eigenvalue weighted by Gasteiger charge is 2.28. The second-order valence-electron chi connectivity index (χ2n) is 4.20. The molecule has 106 valence electrons. The van der Waals surface area contributed by atoms with Crippen molar-refractivity contribution in [3.63, 3.8) is 0 Å². The molecule has 1 aromatic carbocycles. The fourth-order valence-corrected chi connectivity index (χ4v) is 2.00. The second kappa shape index (κ2) is 5.81. The lowest BCUT2D eigenvalue weighted by Gasteiger charge is -2.16. The molecule has 2 aromatic rings. The Kier molecular flexibility index (Phi) is 4.12. The summed E-state index contributed by atoms with van der Waals surface area (Å²) in [6.45, 7) is 3.32. The molecule has 0 saturated carbocycles. The van der Waals surface area contributed by atoms with Gasteiger partial charge in [-0.2, -0.15) is 13.8 Å². The first-order valence-corrected chi connectivity index (χ1v) is 6.21. The van der Waals surface area contributed by atoms with Gasteiger partial charge in [0, 0.05) is 0 Å². The number of hydrogen-bond donors (Lipinski definition) is 0. The number of benzene rings is 1. The molecule has 0 N–H and O–H groups in total.